The van der Waals surface area contributed by atoms with Gasteiger partial charge in [-0.2, -0.15) is 5.48 Å². The van der Waals surface area contributed by atoms with E-state index in [0.717, 1.165) is 0 Å². The van der Waals surface area contributed by atoms with Crippen LogP contribution in [0.25, 0.3) is 0 Å². The second kappa shape index (κ2) is 6.38. The first-order valence-electron chi connectivity index (χ1n) is 5.55. The highest BCUT2D eigenvalue weighted by molar-refractivity contribution is 4.78. The van der Waals surface area contributed by atoms with Crippen LogP contribution in [-0.4, -0.2) is 17.4 Å². The summed E-state index contributed by atoms with van der Waals surface area (Å²) in [5.74, 6) is 1.53. The summed E-state index contributed by atoms with van der Waals surface area (Å²) >= 11 is 0. The van der Waals surface area contributed by atoms with Gasteiger partial charge < -0.3 is 5.21 Å². The predicted octanol–water partition coefficient (Wildman–Crippen LogP) is 2.22. The molecule has 1 atom stereocenters. The quantitative estimate of drug-likeness (QED) is 0.457. The van der Waals surface area contributed by atoms with Crippen LogP contribution in [0.4, 0.5) is 0 Å². The lowest BCUT2D eigenvalue weighted by atomic mass is 9.83. The topological polar surface area (TPSA) is 44.3 Å². The van der Waals surface area contributed by atoms with Crippen molar-refractivity contribution in [2.75, 3.05) is 0 Å². The molecule has 0 saturated heterocycles. The first-order valence-corrected chi connectivity index (χ1v) is 5.55. The van der Waals surface area contributed by atoms with Gasteiger partial charge in [0.15, 0.2) is 0 Å². The first kappa shape index (κ1) is 13.9. The van der Waals surface area contributed by atoms with Gasteiger partial charge in [0.25, 0.3) is 0 Å². The molecule has 0 aromatic carbocycles. The van der Waals surface area contributed by atoms with Gasteiger partial charge in [-0.15, -0.1) is 0 Å². The minimum absolute atomic E-state index is 0.0185. The van der Waals surface area contributed by atoms with E-state index in [0.29, 0.717) is 23.8 Å². The van der Waals surface area contributed by atoms with Crippen molar-refractivity contribution in [2.24, 2.45) is 17.8 Å². The fourth-order valence-corrected chi connectivity index (χ4v) is 2.13. The van der Waals surface area contributed by atoms with Crippen LogP contribution < -0.4 is 10.8 Å². The molecule has 0 aliphatic rings. The second-order valence-electron chi connectivity index (χ2n) is 4.99. The third kappa shape index (κ3) is 4.40. The first-order chi connectivity index (χ1) is 6.40. The van der Waals surface area contributed by atoms with Crippen LogP contribution in [-0.2, 0) is 0 Å². The number of hydrogen-bond donors (Lipinski definition) is 3. The molecule has 3 N–H and O–H groups in total. The average Bonchev–Trinajstić information content (AvgIpc) is 2.00. The van der Waals surface area contributed by atoms with Crippen LogP contribution in [0, 0.1) is 17.8 Å². The van der Waals surface area contributed by atoms with Crippen molar-refractivity contribution in [2.45, 2.75) is 53.8 Å². The Morgan fingerprint density at radius 3 is 1.50 bits per heavy atom. The summed E-state index contributed by atoms with van der Waals surface area (Å²) in [4.78, 5) is 0. The molecule has 3 heteroatoms. The molecule has 0 rings (SSSR count). The standard InChI is InChI=1S/C11H26N2O/c1-7(2)10(8(3)4)11(13-14)12-9(5)6/h7-14H,1-6H3. The molecule has 0 aliphatic heterocycles. The van der Waals surface area contributed by atoms with Crippen molar-refractivity contribution in [1.82, 2.24) is 10.8 Å². The molecule has 3 nitrogen and oxygen atoms in total. The van der Waals surface area contributed by atoms with Gasteiger partial charge in [-0.25, -0.2) is 0 Å². The van der Waals surface area contributed by atoms with Gasteiger partial charge in [-0.3, -0.25) is 5.32 Å². The highest BCUT2D eigenvalue weighted by atomic mass is 16.5. The lowest BCUT2D eigenvalue weighted by molar-refractivity contribution is 0.0428. The molecule has 0 aromatic heterocycles. The van der Waals surface area contributed by atoms with Crippen LogP contribution in [0.5, 0.6) is 0 Å². The number of rotatable bonds is 6. The van der Waals surface area contributed by atoms with Gasteiger partial charge >= 0.3 is 0 Å². The molecular weight excluding hydrogens is 176 g/mol. The predicted molar refractivity (Wildman–Crippen MR) is 60.1 cm³/mol. The third-order valence-corrected chi connectivity index (χ3v) is 2.58. The average molecular weight is 202 g/mol. The molecule has 1 unspecified atom stereocenters. The lowest BCUT2D eigenvalue weighted by Crippen LogP contribution is -2.52. The monoisotopic (exact) mass is 202 g/mol. The molecule has 0 bridgehead atoms. The smallest absolute Gasteiger partial charge is 0.0845 e. The van der Waals surface area contributed by atoms with Gasteiger partial charge in [0.1, 0.15) is 0 Å². The summed E-state index contributed by atoms with van der Waals surface area (Å²) in [6.07, 6.45) is -0.0185. The highest BCUT2D eigenvalue weighted by Gasteiger charge is 2.27. The zero-order chi connectivity index (χ0) is 11.3. The molecule has 0 saturated carbocycles. The van der Waals surface area contributed by atoms with E-state index >= 15 is 0 Å². The summed E-state index contributed by atoms with van der Waals surface area (Å²) in [6, 6.07) is 0.375. The molecular formula is C11H26N2O. The fourth-order valence-electron chi connectivity index (χ4n) is 2.13. The normalized spacial score (nSPS) is 14.8. The summed E-state index contributed by atoms with van der Waals surface area (Å²) in [5, 5.41) is 12.5. The van der Waals surface area contributed by atoms with Crippen molar-refractivity contribution in [3.63, 3.8) is 0 Å². The summed E-state index contributed by atoms with van der Waals surface area (Å²) in [6.45, 7) is 12.9. The van der Waals surface area contributed by atoms with Crippen LogP contribution in [0.3, 0.4) is 0 Å². The van der Waals surface area contributed by atoms with Gasteiger partial charge in [0.05, 0.1) is 6.17 Å². The maximum absolute atomic E-state index is 9.13. The Labute approximate surface area is 88.2 Å². The molecule has 0 amide bonds. The van der Waals surface area contributed by atoms with Crippen molar-refractivity contribution in [3.05, 3.63) is 0 Å². The van der Waals surface area contributed by atoms with Crippen molar-refractivity contribution >= 4 is 0 Å². The Balaban J connectivity index is 4.42. The zero-order valence-electron chi connectivity index (χ0n) is 10.3. The Morgan fingerprint density at radius 2 is 1.29 bits per heavy atom. The number of hydrogen-bond acceptors (Lipinski definition) is 3. The molecule has 0 fully saturated rings. The fraction of sp³-hybridized carbons (Fsp3) is 1.00. The molecule has 0 heterocycles. The van der Waals surface area contributed by atoms with Gasteiger partial charge in [0, 0.05) is 6.04 Å². The number of nitrogens with one attached hydrogen (secondary N) is 2. The minimum Gasteiger partial charge on any atom is -0.315 e. The van der Waals surface area contributed by atoms with Crippen LogP contribution in [0.15, 0.2) is 0 Å². The van der Waals surface area contributed by atoms with E-state index in [1.807, 2.05) is 0 Å². The van der Waals surface area contributed by atoms with Crippen LogP contribution >= 0.6 is 0 Å². The van der Waals surface area contributed by atoms with E-state index in [4.69, 9.17) is 5.21 Å². The summed E-state index contributed by atoms with van der Waals surface area (Å²) in [5.41, 5.74) is 2.39. The Kier molecular flexibility index (Phi) is 6.33. The lowest BCUT2D eigenvalue weighted by Gasteiger charge is -2.34. The van der Waals surface area contributed by atoms with E-state index < -0.39 is 0 Å². The van der Waals surface area contributed by atoms with Gasteiger partial charge in [-0.05, 0) is 31.6 Å². The SMILES string of the molecule is CC(C)NC(NO)C(C(C)C)C(C)C. The van der Waals surface area contributed by atoms with Crippen molar-refractivity contribution in [3.8, 4) is 0 Å². The van der Waals surface area contributed by atoms with E-state index in [1.54, 1.807) is 0 Å². The minimum atomic E-state index is -0.0185. The summed E-state index contributed by atoms with van der Waals surface area (Å²) in [7, 11) is 0. The van der Waals surface area contributed by atoms with Crippen LogP contribution in [0.1, 0.15) is 41.5 Å². The van der Waals surface area contributed by atoms with E-state index in [2.05, 4.69) is 52.3 Å². The van der Waals surface area contributed by atoms with Crippen molar-refractivity contribution in [1.29, 1.82) is 0 Å². The Morgan fingerprint density at radius 1 is 0.857 bits per heavy atom. The Bertz CT molecular complexity index is 138. The molecule has 86 valence electrons. The summed E-state index contributed by atoms with van der Waals surface area (Å²) < 4.78 is 0. The molecule has 14 heavy (non-hydrogen) atoms. The van der Waals surface area contributed by atoms with E-state index in [-0.39, 0.29) is 6.17 Å². The van der Waals surface area contributed by atoms with E-state index in [9.17, 15) is 0 Å². The second-order valence-corrected chi connectivity index (χ2v) is 4.99. The molecule has 0 spiro atoms. The van der Waals surface area contributed by atoms with Crippen LogP contribution in [0.2, 0.25) is 0 Å². The molecule has 0 aromatic rings. The molecule has 0 radical (unpaired) electrons. The van der Waals surface area contributed by atoms with Gasteiger partial charge in [-0.1, -0.05) is 27.7 Å². The van der Waals surface area contributed by atoms with E-state index in [1.165, 1.54) is 0 Å². The Hall–Kier alpha value is -0.120. The van der Waals surface area contributed by atoms with Gasteiger partial charge in [0.2, 0.25) is 0 Å². The maximum atomic E-state index is 9.13. The molecule has 0 aliphatic carbocycles. The van der Waals surface area contributed by atoms with Crippen molar-refractivity contribution < 1.29 is 5.21 Å². The third-order valence-electron chi connectivity index (χ3n) is 2.58. The number of hydroxylamine groups is 1. The maximum Gasteiger partial charge on any atom is 0.0845 e. The highest BCUT2D eigenvalue weighted by Crippen LogP contribution is 2.23. The zero-order valence-corrected chi connectivity index (χ0v) is 10.3. The largest absolute Gasteiger partial charge is 0.315 e.